The topological polar surface area (TPSA) is 46.4 Å². The first-order valence-electron chi connectivity index (χ1n) is 6.67. The number of aromatic nitrogens is 2. The van der Waals surface area contributed by atoms with Crippen LogP contribution >= 0.6 is 22.7 Å². The Morgan fingerprint density at radius 3 is 2.77 bits per heavy atom. The van der Waals surface area contributed by atoms with Gasteiger partial charge in [-0.1, -0.05) is 30.3 Å². The van der Waals surface area contributed by atoms with Crippen molar-refractivity contribution in [3.63, 3.8) is 0 Å². The number of nitrogens with one attached hydrogen (secondary N) is 1. The standard InChI is InChI=1S/C16H11N3OS2/c20-15(12-6-8-21-10-12)18-14-13(11-4-2-1-3-5-11)17-16-19(14)7-9-22-16/h1-10H,(H,18,20). The van der Waals surface area contributed by atoms with Crippen molar-refractivity contribution in [3.8, 4) is 11.3 Å². The van der Waals surface area contributed by atoms with Crippen molar-refractivity contribution in [1.29, 1.82) is 0 Å². The highest BCUT2D eigenvalue weighted by molar-refractivity contribution is 7.15. The first-order valence-corrected chi connectivity index (χ1v) is 8.50. The van der Waals surface area contributed by atoms with Gasteiger partial charge >= 0.3 is 0 Å². The van der Waals surface area contributed by atoms with Gasteiger partial charge in [-0.05, 0) is 11.4 Å². The molecule has 1 aromatic carbocycles. The van der Waals surface area contributed by atoms with E-state index in [9.17, 15) is 4.79 Å². The zero-order chi connectivity index (χ0) is 14.9. The normalized spacial score (nSPS) is 10.9. The Balaban J connectivity index is 1.81. The predicted octanol–water partition coefficient (Wildman–Crippen LogP) is 4.38. The first kappa shape index (κ1) is 13.2. The van der Waals surface area contributed by atoms with Crippen LogP contribution in [0.4, 0.5) is 5.82 Å². The monoisotopic (exact) mass is 325 g/mol. The Morgan fingerprint density at radius 2 is 2.00 bits per heavy atom. The van der Waals surface area contributed by atoms with Crippen LogP contribution in [0.2, 0.25) is 0 Å². The van der Waals surface area contributed by atoms with Crippen molar-refractivity contribution in [2.45, 2.75) is 0 Å². The van der Waals surface area contributed by atoms with Gasteiger partial charge in [0.1, 0.15) is 11.5 Å². The number of thiazole rings is 1. The summed E-state index contributed by atoms with van der Waals surface area (Å²) in [6, 6.07) is 11.7. The Hall–Kier alpha value is -2.44. The smallest absolute Gasteiger partial charge is 0.257 e. The number of anilines is 1. The van der Waals surface area contributed by atoms with Crippen LogP contribution in [0.25, 0.3) is 16.2 Å². The van der Waals surface area contributed by atoms with Crippen LogP contribution in [0.15, 0.2) is 58.7 Å². The fourth-order valence-electron chi connectivity index (χ4n) is 2.28. The van der Waals surface area contributed by atoms with Crippen molar-refractivity contribution in [2.24, 2.45) is 0 Å². The summed E-state index contributed by atoms with van der Waals surface area (Å²) < 4.78 is 1.91. The molecule has 0 radical (unpaired) electrons. The number of hydrogen-bond acceptors (Lipinski definition) is 4. The molecule has 0 fully saturated rings. The van der Waals surface area contributed by atoms with E-state index in [2.05, 4.69) is 10.3 Å². The molecule has 0 unspecified atom stereocenters. The molecule has 4 aromatic rings. The third-order valence-corrected chi connectivity index (χ3v) is 4.76. The summed E-state index contributed by atoms with van der Waals surface area (Å²) in [5, 5.41) is 8.68. The van der Waals surface area contributed by atoms with E-state index in [0.29, 0.717) is 11.4 Å². The van der Waals surface area contributed by atoms with E-state index >= 15 is 0 Å². The minimum absolute atomic E-state index is 0.119. The highest BCUT2D eigenvalue weighted by Crippen LogP contribution is 2.30. The number of benzene rings is 1. The lowest BCUT2D eigenvalue weighted by molar-refractivity contribution is 0.102. The zero-order valence-corrected chi connectivity index (χ0v) is 13.0. The molecule has 3 heterocycles. The minimum Gasteiger partial charge on any atom is -0.306 e. The van der Waals surface area contributed by atoms with E-state index in [1.807, 2.05) is 63.1 Å². The highest BCUT2D eigenvalue weighted by Gasteiger charge is 2.17. The summed E-state index contributed by atoms with van der Waals surface area (Å²) in [5.74, 6) is 0.588. The number of nitrogens with zero attached hydrogens (tertiary/aromatic N) is 2. The summed E-state index contributed by atoms with van der Waals surface area (Å²) in [6.07, 6.45) is 1.92. The lowest BCUT2D eigenvalue weighted by Crippen LogP contribution is -2.12. The molecule has 0 saturated carbocycles. The van der Waals surface area contributed by atoms with Crippen LogP contribution in [0.3, 0.4) is 0 Å². The maximum absolute atomic E-state index is 12.4. The van der Waals surface area contributed by atoms with Crippen LogP contribution in [0.1, 0.15) is 10.4 Å². The number of hydrogen-bond donors (Lipinski definition) is 1. The van der Waals surface area contributed by atoms with Crippen LogP contribution in [0.5, 0.6) is 0 Å². The fourth-order valence-corrected chi connectivity index (χ4v) is 3.63. The van der Waals surface area contributed by atoms with E-state index < -0.39 is 0 Å². The van der Waals surface area contributed by atoms with E-state index in [4.69, 9.17) is 0 Å². The van der Waals surface area contributed by atoms with Gasteiger partial charge in [0.05, 0.1) is 5.56 Å². The van der Waals surface area contributed by atoms with E-state index in [0.717, 1.165) is 16.2 Å². The average molecular weight is 325 g/mol. The van der Waals surface area contributed by atoms with Gasteiger partial charge in [-0.3, -0.25) is 9.20 Å². The maximum atomic E-state index is 12.4. The van der Waals surface area contributed by atoms with Gasteiger partial charge in [0.25, 0.3) is 5.91 Å². The van der Waals surface area contributed by atoms with Gasteiger partial charge in [-0.25, -0.2) is 4.98 Å². The summed E-state index contributed by atoms with van der Waals surface area (Å²) in [5.41, 5.74) is 2.43. The SMILES string of the molecule is O=C(Nc1c(-c2ccccc2)nc2sccn12)c1ccsc1. The molecule has 1 amide bonds. The predicted molar refractivity (Wildman–Crippen MR) is 90.8 cm³/mol. The van der Waals surface area contributed by atoms with E-state index in [-0.39, 0.29) is 5.91 Å². The summed E-state index contributed by atoms with van der Waals surface area (Å²) in [6.45, 7) is 0. The summed E-state index contributed by atoms with van der Waals surface area (Å²) in [4.78, 5) is 17.9. The van der Waals surface area contributed by atoms with Crippen molar-refractivity contribution >= 4 is 39.4 Å². The Kier molecular flexibility index (Phi) is 3.25. The number of amides is 1. The molecule has 0 atom stereocenters. The third-order valence-electron chi connectivity index (χ3n) is 3.32. The second-order valence-electron chi connectivity index (χ2n) is 4.70. The van der Waals surface area contributed by atoms with Crippen molar-refractivity contribution in [3.05, 3.63) is 64.3 Å². The molecule has 3 aromatic heterocycles. The van der Waals surface area contributed by atoms with Crippen LogP contribution in [-0.2, 0) is 0 Å². The van der Waals surface area contributed by atoms with Crippen molar-refractivity contribution in [1.82, 2.24) is 9.38 Å². The van der Waals surface area contributed by atoms with Crippen LogP contribution < -0.4 is 5.32 Å². The third kappa shape index (κ3) is 2.22. The molecule has 0 aliphatic heterocycles. The quantitative estimate of drug-likeness (QED) is 0.608. The molecule has 0 saturated heterocycles. The van der Waals surface area contributed by atoms with Gasteiger partial charge in [-0.2, -0.15) is 11.3 Å². The van der Waals surface area contributed by atoms with Gasteiger partial charge < -0.3 is 5.32 Å². The second kappa shape index (κ2) is 5.40. The van der Waals surface area contributed by atoms with Gasteiger partial charge in [0.2, 0.25) is 0 Å². The molecule has 6 heteroatoms. The molecular weight excluding hydrogens is 314 g/mol. The van der Waals surface area contributed by atoms with Gasteiger partial charge in [0.15, 0.2) is 4.96 Å². The van der Waals surface area contributed by atoms with Gasteiger partial charge in [0, 0.05) is 22.5 Å². The molecular formula is C16H11N3OS2. The van der Waals surface area contributed by atoms with E-state index in [1.165, 1.54) is 11.3 Å². The molecule has 0 aliphatic rings. The number of carbonyl (C=O) groups excluding carboxylic acids is 1. The summed E-state index contributed by atoms with van der Waals surface area (Å²) in [7, 11) is 0. The number of fused-ring (bicyclic) bond motifs is 1. The van der Waals surface area contributed by atoms with E-state index in [1.54, 1.807) is 11.3 Å². The molecule has 0 spiro atoms. The molecule has 1 N–H and O–H groups in total. The number of carbonyl (C=O) groups is 1. The fraction of sp³-hybridized carbons (Fsp3) is 0. The molecule has 4 rings (SSSR count). The van der Waals surface area contributed by atoms with Crippen LogP contribution in [0, 0.1) is 0 Å². The van der Waals surface area contributed by atoms with Crippen molar-refractivity contribution in [2.75, 3.05) is 5.32 Å². The van der Waals surface area contributed by atoms with Crippen molar-refractivity contribution < 1.29 is 4.79 Å². The Morgan fingerprint density at radius 1 is 1.14 bits per heavy atom. The Labute approximate surface area is 134 Å². The number of imidazole rings is 1. The molecule has 4 nitrogen and oxygen atoms in total. The molecule has 22 heavy (non-hydrogen) atoms. The average Bonchev–Trinajstić information content (AvgIpc) is 3.26. The second-order valence-corrected chi connectivity index (χ2v) is 6.35. The number of rotatable bonds is 3. The van der Waals surface area contributed by atoms with Gasteiger partial charge in [-0.15, -0.1) is 11.3 Å². The molecule has 0 aliphatic carbocycles. The first-order chi connectivity index (χ1) is 10.8. The lowest BCUT2D eigenvalue weighted by Gasteiger charge is -2.06. The number of thiophene rings is 1. The maximum Gasteiger partial charge on any atom is 0.257 e. The summed E-state index contributed by atoms with van der Waals surface area (Å²) >= 11 is 3.05. The van der Waals surface area contributed by atoms with Crippen LogP contribution in [-0.4, -0.2) is 15.3 Å². The highest BCUT2D eigenvalue weighted by atomic mass is 32.1. The zero-order valence-electron chi connectivity index (χ0n) is 11.4. The largest absolute Gasteiger partial charge is 0.306 e. The Bertz CT molecular complexity index is 923. The minimum atomic E-state index is -0.119. The molecule has 0 bridgehead atoms. The lowest BCUT2D eigenvalue weighted by atomic mass is 10.1. The molecule has 108 valence electrons.